The van der Waals surface area contributed by atoms with Gasteiger partial charge in [0.1, 0.15) is 5.75 Å². The van der Waals surface area contributed by atoms with E-state index in [0.29, 0.717) is 10.6 Å². The number of carboxylic acid groups (broad SMARTS) is 1. The largest absolute Gasteiger partial charge is 0.513 e. The lowest BCUT2D eigenvalue weighted by atomic mass is 10.1. The Morgan fingerprint density at radius 1 is 1.41 bits per heavy atom. The van der Waals surface area contributed by atoms with Gasteiger partial charge in [0.15, 0.2) is 0 Å². The molecular weight excluding hydrogens is 248 g/mol. The van der Waals surface area contributed by atoms with Crippen molar-refractivity contribution in [1.29, 1.82) is 0 Å². The van der Waals surface area contributed by atoms with Gasteiger partial charge in [-0.15, -0.1) is 0 Å². The van der Waals surface area contributed by atoms with Crippen LogP contribution in [0.5, 0.6) is 5.75 Å². The smallest absolute Gasteiger partial charge is 0.481 e. The van der Waals surface area contributed by atoms with Crippen LogP contribution in [-0.2, 0) is 16.0 Å². The van der Waals surface area contributed by atoms with Crippen molar-refractivity contribution in [2.24, 2.45) is 0 Å². The highest BCUT2D eigenvalue weighted by Crippen LogP contribution is 2.23. The van der Waals surface area contributed by atoms with Crippen molar-refractivity contribution in [2.75, 3.05) is 6.61 Å². The fraction of sp³-hybridized carbons (Fsp3) is 0.273. The van der Waals surface area contributed by atoms with E-state index in [-0.39, 0.29) is 18.8 Å². The van der Waals surface area contributed by atoms with Gasteiger partial charge in [-0.25, -0.2) is 4.79 Å². The molecule has 6 heteroatoms. The Balaban J connectivity index is 2.89. The van der Waals surface area contributed by atoms with Crippen molar-refractivity contribution in [1.82, 2.24) is 0 Å². The first-order valence-corrected chi connectivity index (χ1v) is 5.25. The minimum atomic E-state index is -1.04. The number of benzene rings is 1. The molecule has 0 saturated heterocycles. The Morgan fingerprint density at radius 3 is 2.71 bits per heavy atom. The van der Waals surface area contributed by atoms with Crippen molar-refractivity contribution in [2.45, 2.75) is 13.3 Å². The van der Waals surface area contributed by atoms with E-state index in [2.05, 4.69) is 4.74 Å². The van der Waals surface area contributed by atoms with Crippen LogP contribution in [0.1, 0.15) is 12.5 Å². The lowest BCUT2D eigenvalue weighted by Crippen LogP contribution is -2.12. The molecule has 0 unspecified atom stereocenters. The summed E-state index contributed by atoms with van der Waals surface area (Å²) in [6.45, 7) is 1.82. The summed E-state index contributed by atoms with van der Waals surface area (Å²) in [6.07, 6.45) is -1.16. The SMILES string of the molecule is CCOC(=O)Oc1ccc(Cl)cc1CC(=O)O. The molecule has 1 aromatic carbocycles. The minimum absolute atomic E-state index is 0.134. The van der Waals surface area contributed by atoms with Crippen LogP contribution in [0.3, 0.4) is 0 Å². The van der Waals surface area contributed by atoms with E-state index in [0.717, 1.165) is 0 Å². The molecule has 0 aliphatic carbocycles. The second-order valence-corrected chi connectivity index (χ2v) is 3.54. The van der Waals surface area contributed by atoms with Crippen LogP contribution in [0, 0.1) is 0 Å². The van der Waals surface area contributed by atoms with E-state index in [4.69, 9.17) is 21.4 Å². The molecule has 0 bridgehead atoms. The van der Waals surface area contributed by atoms with Gasteiger partial charge in [-0.3, -0.25) is 4.79 Å². The first-order valence-electron chi connectivity index (χ1n) is 4.87. The van der Waals surface area contributed by atoms with Gasteiger partial charge in [-0.1, -0.05) is 11.6 Å². The molecule has 0 radical (unpaired) electrons. The lowest BCUT2D eigenvalue weighted by molar-refractivity contribution is -0.136. The normalized spacial score (nSPS) is 9.76. The van der Waals surface area contributed by atoms with Crippen LogP contribution < -0.4 is 4.74 Å². The van der Waals surface area contributed by atoms with Crippen LogP contribution in [0.15, 0.2) is 18.2 Å². The Labute approximate surface area is 103 Å². The molecule has 0 aliphatic rings. The summed E-state index contributed by atoms with van der Waals surface area (Å²) in [5, 5.41) is 9.08. The molecule has 0 saturated carbocycles. The number of hydrogen-bond acceptors (Lipinski definition) is 4. The molecule has 92 valence electrons. The third-order valence-electron chi connectivity index (χ3n) is 1.82. The number of rotatable bonds is 4. The van der Waals surface area contributed by atoms with E-state index in [9.17, 15) is 9.59 Å². The highest BCUT2D eigenvalue weighted by Gasteiger charge is 2.13. The third kappa shape index (κ3) is 4.32. The number of carbonyl (C=O) groups is 2. The maximum Gasteiger partial charge on any atom is 0.513 e. The van der Waals surface area contributed by atoms with E-state index >= 15 is 0 Å². The van der Waals surface area contributed by atoms with Gasteiger partial charge in [0.05, 0.1) is 13.0 Å². The van der Waals surface area contributed by atoms with E-state index in [1.165, 1.54) is 18.2 Å². The predicted molar refractivity (Wildman–Crippen MR) is 60.4 cm³/mol. The maximum atomic E-state index is 11.1. The fourth-order valence-electron chi connectivity index (χ4n) is 1.19. The quantitative estimate of drug-likeness (QED) is 0.663. The first-order chi connectivity index (χ1) is 8.02. The van der Waals surface area contributed by atoms with Crippen LogP contribution in [0.4, 0.5) is 4.79 Å². The summed E-state index contributed by atoms with van der Waals surface area (Å²) in [7, 11) is 0. The molecule has 0 spiro atoms. The zero-order valence-corrected chi connectivity index (χ0v) is 9.86. The molecule has 17 heavy (non-hydrogen) atoms. The molecule has 0 aliphatic heterocycles. The van der Waals surface area contributed by atoms with Crippen LogP contribution in [-0.4, -0.2) is 23.8 Å². The van der Waals surface area contributed by atoms with Crippen molar-refractivity contribution < 1.29 is 24.2 Å². The Hall–Kier alpha value is -1.75. The molecule has 1 rings (SSSR count). The Morgan fingerprint density at radius 2 is 2.12 bits per heavy atom. The number of ether oxygens (including phenoxy) is 2. The Bertz CT molecular complexity index is 430. The average Bonchev–Trinajstić information content (AvgIpc) is 2.21. The van der Waals surface area contributed by atoms with Crippen molar-refractivity contribution in [3.63, 3.8) is 0 Å². The maximum absolute atomic E-state index is 11.1. The molecule has 0 amide bonds. The van der Waals surface area contributed by atoms with Gasteiger partial charge in [-0.2, -0.15) is 0 Å². The minimum Gasteiger partial charge on any atom is -0.481 e. The topological polar surface area (TPSA) is 72.8 Å². The van der Waals surface area contributed by atoms with E-state index in [1.807, 2.05) is 0 Å². The van der Waals surface area contributed by atoms with Crippen molar-refractivity contribution in [3.8, 4) is 5.75 Å². The molecule has 1 aromatic rings. The van der Waals surface area contributed by atoms with Crippen LogP contribution >= 0.6 is 11.6 Å². The van der Waals surface area contributed by atoms with Gasteiger partial charge in [0, 0.05) is 10.6 Å². The molecule has 1 N–H and O–H groups in total. The number of aliphatic carboxylic acids is 1. The zero-order chi connectivity index (χ0) is 12.8. The van der Waals surface area contributed by atoms with Gasteiger partial charge < -0.3 is 14.6 Å². The van der Waals surface area contributed by atoms with Crippen LogP contribution in [0.25, 0.3) is 0 Å². The molecule has 0 fully saturated rings. The van der Waals surface area contributed by atoms with E-state index in [1.54, 1.807) is 6.92 Å². The Kier molecular flexibility index (Phi) is 4.78. The van der Waals surface area contributed by atoms with Crippen molar-refractivity contribution >= 4 is 23.7 Å². The van der Waals surface area contributed by atoms with Crippen LogP contribution in [0.2, 0.25) is 5.02 Å². The van der Waals surface area contributed by atoms with Gasteiger partial charge in [0.2, 0.25) is 0 Å². The second kappa shape index (κ2) is 6.10. The van der Waals surface area contributed by atoms with Gasteiger partial charge in [-0.05, 0) is 25.1 Å². The summed E-state index contributed by atoms with van der Waals surface area (Å²) in [6, 6.07) is 4.36. The highest BCUT2D eigenvalue weighted by atomic mass is 35.5. The summed E-state index contributed by atoms with van der Waals surface area (Å²) in [4.78, 5) is 21.7. The summed E-state index contributed by atoms with van der Waals surface area (Å²) < 4.78 is 9.45. The number of carboxylic acids is 1. The molecule has 0 atom stereocenters. The second-order valence-electron chi connectivity index (χ2n) is 3.11. The number of hydrogen-bond donors (Lipinski definition) is 1. The summed E-state index contributed by atoms with van der Waals surface area (Å²) >= 11 is 5.73. The monoisotopic (exact) mass is 258 g/mol. The number of halogens is 1. The fourth-order valence-corrected chi connectivity index (χ4v) is 1.38. The number of carbonyl (C=O) groups excluding carboxylic acids is 1. The molecule has 0 heterocycles. The third-order valence-corrected chi connectivity index (χ3v) is 2.05. The molecule has 0 aromatic heterocycles. The van der Waals surface area contributed by atoms with Crippen molar-refractivity contribution in [3.05, 3.63) is 28.8 Å². The summed E-state index contributed by atoms with van der Waals surface area (Å²) in [5.41, 5.74) is 0.318. The van der Waals surface area contributed by atoms with Gasteiger partial charge >= 0.3 is 12.1 Å². The highest BCUT2D eigenvalue weighted by molar-refractivity contribution is 6.30. The summed E-state index contributed by atoms with van der Waals surface area (Å²) in [5.74, 6) is -0.906. The first kappa shape index (κ1) is 13.3. The molecular formula is C11H11ClO5. The van der Waals surface area contributed by atoms with Gasteiger partial charge in [0.25, 0.3) is 0 Å². The zero-order valence-electron chi connectivity index (χ0n) is 9.10. The van der Waals surface area contributed by atoms with E-state index < -0.39 is 12.1 Å². The predicted octanol–water partition coefficient (Wildman–Crippen LogP) is 2.50. The average molecular weight is 259 g/mol. The standard InChI is InChI=1S/C11H11ClO5/c1-2-16-11(15)17-9-4-3-8(12)5-7(9)6-10(13)14/h3-5H,2,6H2,1H3,(H,13,14). The molecule has 5 nitrogen and oxygen atoms in total. The lowest BCUT2D eigenvalue weighted by Gasteiger charge is -2.08.